The smallest absolute Gasteiger partial charge is 0.0807 e. The van der Waals surface area contributed by atoms with Crippen LogP contribution in [0.25, 0.3) is 0 Å². The molecule has 4 heteroatoms. The van der Waals surface area contributed by atoms with Gasteiger partial charge < -0.3 is 19.5 Å². The summed E-state index contributed by atoms with van der Waals surface area (Å²) < 4.78 is 16.7. The van der Waals surface area contributed by atoms with Crippen LogP contribution in [0.15, 0.2) is 0 Å². The Labute approximate surface area is 124 Å². The van der Waals surface area contributed by atoms with Crippen LogP contribution in [0, 0.1) is 0 Å². The molecule has 0 aromatic heterocycles. The van der Waals surface area contributed by atoms with Crippen LogP contribution in [-0.2, 0) is 14.2 Å². The maximum atomic E-state index is 6.17. The Morgan fingerprint density at radius 3 is 2.30 bits per heavy atom. The molecule has 0 unspecified atom stereocenters. The molecule has 20 heavy (non-hydrogen) atoms. The number of rotatable bonds is 10. The van der Waals surface area contributed by atoms with Crippen molar-refractivity contribution in [2.45, 2.75) is 64.0 Å². The first-order chi connectivity index (χ1) is 9.47. The van der Waals surface area contributed by atoms with Gasteiger partial charge in [0, 0.05) is 32.4 Å². The molecule has 120 valence electrons. The van der Waals surface area contributed by atoms with Gasteiger partial charge in [0.2, 0.25) is 0 Å². The van der Waals surface area contributed by atoms with Crippen molar-refractivity contribution in [1.82, 2.24) is 5.32 Å². The predicted molar refractivity (Wildman–Crippen MR) is 82.2 cm³/mol. The minimum Gasteiger partial charge on any atom is -0.385 e. The zero-order valence-corrected chi connectivity index (χ0v) is 13.8. The third kappa shape index (κ3) is 7.58. The van der Waals surface area contributed by atoms with Gasteiger partial charge >= 0.3 is 0 Å². The van der Waals surface area contributed by atoms with Crippen molar-refractivity contribution in [2.24, 2.45) is 0 Å². The molecular weight excluding hydrogens is 254 g/mol. The van der Waals surface area contributed by atoms with Crippen LogP contribution >= 0.6 is 0 Å². The van der Waals surface area contributed by atoms with E-state index in [0.717, 1.165) is 26.2 Å². The summed E-state index contributed by atoms with van der Waals surface area (Å²) in [6.45, 7) is 10.4. The molecule has 1 aliphatic carbocycles. The molecule has 0 aromatic rings. The fourth-order valence-corrected chi connectivity index (χ4v) is 2.54. The Bertz CT molecular complexity index is 245. The quantitative estimate of drug-likeness (QED) is 0.627. The Morgan fingerprint density at radius 2 is 1.70 bits per heavy atom. The second-order valence-electron chi connectivity index (χ2n) is 6.80. The third-order valence-electron chi connectivity index (χ3n) is 3.73. The Kier molecular flexibility index (Phi) is 8.03. The summed E-state index contributed by atoms with van der Waals surface area (Å²) in [4.78, 5) is 0. The van der Waals surface area contributed by atoms with Crippen LogP contribution in [0.4, 0.5) is 0 Å². The molecule has 1 rings (SSSR count). The van der Waals surface area contributed by atoms with Crippen LogP contribution in [0.1, 0.15) is 52.9 Å². The van der Waals surface area contributed by atoms with E-state index in [-0.39, 0.29) is 11.1 Å². The monoisotopic (exact) mass is 287 g/mol. The zero-order valence-electron chi connectivity index (χ0n) is 13.8. The van der Waals surface area contributed by atoms with E-state index < -0.39 is 0 Å². The molecule has 0 aromatic carbocycles. The fraction of sp³-hybridized carbons (Fsp3) is 1.00. The molecule has 0 aliphatic heterocycles. The predicted octanol–water partition coefficient (Wildman–Crippen LogP) is 2.76. The van der Waals surface area contributed by atoms with Crippen LogP contribution in [0.5, 0.6) is 0 Å². The summed E-state index contributed by atoms with van der Waals surface area (Å²) in [6.07, 6.45) is 5.84. The summed E-state index contributed by atoms with van der Waals surface area (Å²) >= 11 is 0. The highest BCUT2D eigenvalue weighted by Gasteiger charge is 2.35. The minimum absolute atomic E-state index is 0.0309. The van der Waals surface area contributed by atoms with E-state index in [2.05, 4.69) is 26.1 Å². The van der Waals surface area contributed by atoms with Crippen LogP contribution < -0.4 is 5.32 Å². The highest BCUT2D eigenvalue weighted by atomic mass is 16.5. The molecule has 4 nitrogen and oxygen atoms in total. The highest BCUT2D eigenvalue weighted by Crippen LogP contribution is 2.33. The van der Waals surface area contributed by atoms with Crippen LogP contribution in [0.2, 0.25) is 0 Å². The van der Waals surface area contributed by atoms with E-state index in [9.17, 15) is 0 Å². The molecule has 1 aliphatic rings. The summed E-state index contributed by atoms with van der Waals surface area (Å²) in [5, 5.41) is 3.59. The summed E-state index contributed by atoms with van der Waals surface area (Å²) in [5.74, 6) is 0. The lowest BCUT2D eigenvalue weighted by atomic mass is 9.99. The van der Waals surface area contributed by atoms with Crippen molar-refractivity contribution in [3.05, 3.63) is 0 Å². The summed E-state index contributed by atoms with van der Waals surface area (Å²) in [6, 6.07) is 0. The highest BCUT2D eigenvalue weighted by molar-refractivity contribution is 4.90. The lowest BCUT2D eigenvalue weighted by Gasteiger charge is -2.33. The van der Waals surface area contributed by atoms with Gasteiger partial charge in [0.25, 0.3) is 0 Å². The van der Waals surface area contributed by atoms with E-state index in [0.29, 0.717) is 13.2 Å². The maximum absolute atomic E-state index is 6.17. The van der Waals surface area contributed by atoms with E-state index in [1.165, 1.54) is 25.7 Å². The molecule has 0 bridgehead atoms. The largest absolute Gasteiger partial charge is 0.385 e. The molecule has 0 saturated heterocycles. The molecule has 0 atom stereocenters. The van der Waals surface area contributed by atoms with Crippen LogP contribution in [0.3, 0.4) is 0 Å². The summed E-state index contributed by atoms with van der Waals surface area (Å²) in [5.41, 5.74) is 0.179. The molecule has 0 radical (unpaired) electrons. The lowest BCUT2D eigenvalue weighted by Crippen LogP contribution is -2.48. The summed E-state index contributed by atoms with van der Waals surface area (Å²) in [7, 11) is 1.72. The van der Waals surface area contributed by atoms with Gasteiger partial charge in [0.15, 0.2) is 0 Å². The molecule has 0 spiro atoms. The second kappa shape index (κ2) is 8.98. The fourth-order valence-electron chi connectivity index (χ4n) is 2.54. The normalized spacial score (nSPS) is 18.6. The van der Waals surface area contributed by atoms with Gasteiger partial charge in [-0.3, -0.25) is 0 Å². The average Bonchev–Trinajstić information content (AvgIpc) is 2.84. The topological polar surface area (TPSA) is 39.7 Å². The van der Waals surface area contributed by atoms with Gasteiger partial charge in [0.05, 0.1) is 18.8 Å². The minimum atomic E-state index is 0.0309. The Balaban J connectivity index is 2.18. The van der Waals surface area contributed by atoms with Gasteiger partial charge in [-0.15, -0.1) is 0 Å². The van der Waals surface area contributed by atoms with Crippen molar-refractivity contribution < 1.29 is 14.2 Å². The van der Waals surface area contributed by atoms with Gasteiger partial charge in [-0.05, 0) is 40.0 Å². The van der Waals surface area contributed by atoms with Crippen molar-refractivity contribution in [3.8, 4) is 0 Å². The molecule has 0 amide bonds. The SMILES string of the molecule is COCCCOCCOC1(CNC(C)(C)C)CCCC1. The van der Waals surface area contributed by atoms with Gasteiger partial charge in [-0.2, -0.15) is 0 Å². The van der Waals surface area contributed by atoms with Gasteiger partial charge in [0.1, 0.15) is 0 Å². The number of hydrogen-bond acceptors (Lipinski definition) is 4. The maximum Gasteiger partial charge on any atom is 0.0807 e. The molecular formula is C16H33NO3. The van der Waals surface area contributed by atoms with Gasteiger partial charge in [-0.1, -0.05) is 12.8 Å². The van der Waals surface area contributed by atoms with Crippen molar-refractivity contribution in [1.29, 1.82) is 0 Å². The first-order valence-corrected chi connectivity index (χ1v) is 7.93. The van der Waals surface area contributed by atoms with Gasteiger partial charge in [-0.25, -0.2) is 0 Å². The number of hydrogen-bond donors (Lipinski definition) is 1. The Hall–Kier alpha value is -0.160. The lowest BCUT2D eigenvalue weighted by molar-refractivity contribution is -0.0659. The third-order valence-corrected chi connectivity index (χ3v) is 3.73. The van der Waals surface area contributed by atoms with Crippen LogP contribution in [-0.4, -0.2) is 51.2 Å². The second-order valence-corrected chi connectivity index (χ2v) is 6.80. The first kappa shape index (κ1) is 17.9. The van der Waals surface area contributed by atoms with E-state index in [1.54, 1.807) is 7.11 Å². The van der Waals surface area contributed by atoms with E-state index in [4.69, 9.17) is 14.2 Å². The molecule has 1 saturated carbocycles. The van der Waals surface area contributed by atoms with E-state index >= 15 is 0 Å². The molecule has 1 fully saturated rings. The average molecular weight is 287 g/mol. The Morgan fingerprint density at radius 1 is 1.00 bits per heavy atom. The molecule has 1 N–H and O–H groups in total. The van der Waals surface area contributed by atoms with E-state index in [1.807, 2.05) is 0 Å². The first-order valence-electron chi connectivity index (χ1n) is 7.93. The number of ether oxygens (including phenoxy) is 3. The van der Waals surface area contributed by atoms with Crippen molar-refractivity contribution in [3.63, 3.8) is 0 Å². The standard InChI is InChI=1S/C16H33NO3/c1-15(2,3)17-14-16(8-5-6-9-16)20-13-12-19-11-7-10-18-4/h17H,5-14H2,1-4H3. The number of nitrogens with one attached hydrogen (secondary N) is 1. The van der Waals surface area contributed by atoms with Crippen molar-refractivity contribution in [2.75, 3.05) is 40.1 Å². The van der Waals surface area contributed by atoms with Crippen molar-refractivity contribution >= 4 is 0 Å². The molecule has 0 heterocycles. The number of methoxy groups -OCH3 is 1. The zero-order chi connectivity index (χ0) is 14.9.